The van der Waals surface area contributed by atoms with Gasteiger partial charge < -0.3 is 5.32 Å². The number of hydrogen-bond donors (Lipinski definition) is 1. The first kappa shape index (κ1) is 13.2. The zero-order valence-corrected chi connectivity index (χ0v) is 12.0. The van der Waals surface area contributed by atoms with Crippen molar-refractivity contribution in [2.45, 2.75) is 6.92 Å². The van der Waals surface area contributed by atoms with Crippen molar-refractivity contribution in [3.8, 4) is 22.6 Å². The van der Waals surface area contributed by atoms with Crippen LogP contribution < -0.4 is 5.32 Å². The van der Waals surface area contributed by atoms with Crippen LogP contribution in [-0.4, -0.2) is 22.0 Å². The number of nitrogens with one attached hydrogen (secondary N) is 1. The SMILES string of the molecule is CNc1cc(-c2ccc(C)nc2)nc(-c2ccccc2)n1. The van der Waals surface area contributed by atoms with Crippen LogP contribution in [0.5, 0.6) is 0 Å². The average molecular weight is 276 g/mol. The van der Waals surface area contributed by atoms with Gasteiger partial charge in [-0.25, -0.2) is 9.97 Å². The van der Waals surface area contributed by atoms with Crippen molar-refractivity contribution in [1.82, 2.24) is 15.0 Å². The van der Waals surface area contributed by atoms with E-state index in [9.17, 15) is 0 Å². The van der Waals surface area contributed by atoms with E-state index in [0.717, 1.165) is 28.3 Å². The summed E-state index contributed by atoms with van der Waals surface area (Å²) in [6, 6.07) is 15.9. The predicted molar refractivity (Wildman–Crippen MR) is 85.0 cm³/mol. The Bertz CT molecular complexity index is 736. The molecule has 4 nitrogen and oxygen atoms in total. The fourth-order valence-corrected chi connectivity index (χ4v) is 2.06. The van der Waals surface area contributed by atoms with E-state index in [2.05, 4.69) is 20.3 Å². The molecule has 4 heteroatoms. The van der Waals surface area contributed by atoms with Gasteiger partial charge in [0.2, 0.25) is 0 Å². The quantitative estimate of drug-likeness (QED) is 0.794. The number of benzene rings is 1. The van der Waals surface area contributed by atoms with Crippen LogP contribution in [0.15, 0.2) is 54.7 Å². The minimum Gasteiger partial charge on any atom is -0.373 e. The molecule has 0 aliphatic carbocycles. The number of aromatic nitrogens is 3. The van der Waals surface area contributed by atoms with E-state index in [4.69, 9.17) is 0 Å². The van der Waals surface area contributed by atoms with Crippen molar-refractivity contribution in [2.24, 2.45) is 0 Å². The Labute approximate surface area is 123 Å². The van der Waals surface area contributed by atoms with Gasteiger partial charge in [0.25, 0.3) is 0 Å². The molecule has 2 aromatic heterocycles. The first-order chi connectivity index (χ1) is 10.3. The van der Waals surface area contributed by atoms with Crippen LogP contribution in [0, 0.1) is 6.92 Å². The Balaban J connectivity index is 2.11. The highest BCUT2D eigenvalue weighted by molar-refractivity contribution is 5.66. The van der Waals surface area contributed by atoms with E-state index in [1.54, 1.807) is 0 Å². The van der Waals surface area contributed by atoms with Gasteiger partial charge in [0.1, 0.15) is 5.82 Å². The number of pyridine rings is 1. The smallest absolute Gasteiger partial charge is 0.162 e. The molecule has 0 aliphatic heterocycles. The first-order valence-electron chi connectivity index (χ1n) is 6.81. The topological polar surface area (TPSA) is 50.7 Å². The molecule has 3 rings (SSSR count). The third-order valence-corrected chi connectivity index (χ3v) is 3.22. The number of rotatable bonds is 3. The van der Waals surface area contributed by atoms with Crippen LogP contribution in [-0.2, 0) is 0 Å². The molecule has 0 unspecified atom stereocenters. The summed E-state index contributed by atoms with van der Waals surface area (Å²) in [5.74, 6) is 1.50. The summed E-state index contributed by atoms with van der Waals surface area (Å²) in [7, 11) is 1.86. The lowest BCUT2D eigenvalue weighted by Crippen LogP contribution is -1.99. The second-order valence-electron chi connectivity index (χ2n) is 4.77. The van der Waals surface area contributed by atoms with Gasteiger partial charge in [-0.1, -0.05) is 30.3 Å². The van der Waals surface area contributed by atoms with Gasteiger partial charge in [-0.05, 0) is 19.1 Å². The fourth-order valence-electron chi connectivity index (χ4n) is 2.06. The molecule has 0 aliphatic rings. The third-order valence-electron chi connectivity index (χ3n) is 3.22. The molecule has 0 amide bonds. The van der Waals surface area contributed by atoms with Gasteiger partial charge in [-0.2, -0.15) is 0 Å². The monoisotopic (exact) mass is 276 g/mol. The van der Waals surface area contributed by atoms with Crippen molar-refractivity contribution >= 4 is 5.82 Å². The van der Waals surface area contributed by atoms with Crippen molar-refractivity contribution in [1.29, 1.82) is 0 Å². The Morgan fingerprint density at radius 3 is 2.38 bits per heavy atom. The number of anilines is 1. The largest absolute Gasteiger partial charge is 0.373 e. The molecule has 0 atom stereocenters. The van der Waals surface area contributed by atoms with Gasteiger partial charge in [0.15, 0.2) is 5.82 Å². The van der Waals surface area contributed by atoms with Gasteiger partial charge >= 0.3 is 0 Å². The lowest BCUT2D eigenvalue weighted by Gasteiger charge is -2.08. The molecule has 0 spiro atoms. The molecule has 0 saturated heterocycles. The Kier molecular flexibility index (Phi) is 3.60. The molecule has 3 aromatic rings. The van der Waals surface area contributed by atoms with Crippen molar-refractivity contribution in [3.63, 3.8) is 0 Å². The van der Waals surface area contributed by atoms with E-state index in [1.807, 2.05) is 68.7 Å². The molecule has 104 valence electrons. The molecule has 0 saturated carbocycles. The van der Waals surface area contributed by atoms with Crippen LogP contribution >= 0.6 is 0 Å². The Morgan fingerprint density at radius 2 is 1.71 bits per heavy atom. The second kappa shape index (κ2) is 5.71. The summed E-state index contributed by atoms with van der Waals surface area (Å²) in [5.41, 5.74) is 3.83. The lowest BCUT2D eigenvalue weighted by atomic mass is 10.1. The van der Waals surface area contributed by atoms with Crippen LogP contribution in [0.25, 0.3) is 22.6 Å². The van der Waals surface area contributed by atoms with E-state index in [-0.39, 0.29) is 0 Å². The predicted octanol–water partition coefficient (Wildman–Crippen LogP) is 3.56. The molecular formula is C17H16N4. The van der Waals surface area contributed by atoms with Gasteiger partial charge in [-0.3, -0.25) is 4.98 Å². The maximum absolute atomic E-state index is 4.66. The molecule has 0 bridgehead atoms. The number of aryl methyl sites for hydroxylation is 1. The zero-order valence-electron chi connectivity index (χ0n) is 12.0. The van der Waals surface area contributed by atoms with Crippen LogP contribution in [0.1, 0.15) is 5.69 Å². The van der Waals surface area contributed by atoms with Crippen molar-refractivity contribution < 1.29 is 0 Å². The van der Waals surface area contributed by atoms with E-state index < -0.39 is 0 Å². The molecule has 2 heterocycles. The van der Waals surface area contributed by atoms with E-state index >= 15 is 0 Å². The zero-order chi connectivity index (χ0) is 14.7. The normalized spacial score (nSPS) is 10.4. The van der Waals surface area contributed by atoms with E-state index in [1.165, 1.54) is 0 Å². The Hall–Kier alpha value is -2.75. The van der Waals surface area contributed by atoms with Crippen molar-refractivity contribution in [2.75, 3.05) is 12.4 Å². The number of hydrogen-bond acceptors (Lipinski definition) is 4. The maximum Gasteiger partial charge on any atom is 0.162 e. The minimum absolute atomic E-state index is 0.707. The highest BCUT2D eigenvalue weighted by Crippen LogP contribution is 2.23. The van der Waals surface area contributed by atoms with Crippen LogP contribution in [0.3, 0.4) is 0 Å². The summed E-state index contributed by atoms with van der Waals surface area (Å²) >= 11 is 0. The van der Waals surface area contributed by atoms with Gasteiger partial charge in [0.05, 0.1) is 5.69 Å². The first-order valence-corrected chi connectivity index (χ1v) is 6.81. The Morgan fingerprint density at radius 1 is 0.905 bits per heavy atom. The fraction of sp³-hybridized carbons (Fsp3) is 0.118. The van der Waals surface area contributed by atoms with Crippen LogP contribution in [0.2, 0.25) is 0 Å². The second-order valence-corrected chi connectivity index (χ2v) is 4.77. The standard InChI is InChI=1S/C17H16N4/c1-12-8-9-14(11-19-12)15-10-16(18-2)21-17(20-15)13-6-4-3-5-7-13/h3-11H,1-2H3,(H,18,20,21). The van der Waals surface area contributed by atoms with Gasteiger partial charge in [-0.15, -0.1) is 0 Å². The van der Waals surface area contributed by atoms with Crippen LogP contribution in [0.4, 0.5) is 5.82 Å². The average Bonchev–Trinajstić information content (AvgIpc) is 2.56. The van der Waals surface area contributed by atoms with E-state index in [0.29, 0.717) is 5.82 Å². The summed E-state index contributed by atoms with van der Waals surface area (Å²) in [6.45, 7) is 1.97. The lowest BCUT2D eigenvalue weighted by molar-refractivity contribution is 1.15. The maximum atomic E-state index is 4.66. The minimum atomic E-state index is 0.707. The molecule has 1 aromatic carbocycles. The molecule has 1 N–H and O–H groups in total. The molecule has 0 radical (unpaired) electrons. The summed E-state index contributed by atoms with van der Waals surface area (Å²) in [6.07, 6.45) is 1.84. The number of nitrogens with zero attached hydrogens (tertiary/aromatic N) is 3. The summed E-state index contributed by atoms with van der Waals surface area (Å²) in [4.78, 5) is 13.5. The molecule has 21 heavy (non-hydrogen) atoms. The summed E-state index contributed by atoms with van der Waals surface area (Å²) < 4.78 is 0. The van der Waals surface area contributed by atoms with Crippen molar-refractivity contribution in [3.05, 3.63) is 60.4 Å². The van der Waals surface area contributed by atoms with Gasteiger partial charge in [0, 0.05) is 36.1 Å². The highest BCUT2D eigenvalue weighted by atomic mass is 15.0. The highest BCUT2D eigenvalue weighted by Gasteiger charge is 2.08. The molecular weight excluding hydrogens is 260 g/mol. The third kappa shape index (κ3) is 2.89. The summed E-state index contributed by atoms with van der Waals surface area (Å²) in [5, 5.41) is 3.09. The molecule has 0 fully saturated rings.